The molecule has 0 spiro atoms. The Bertz CT molecular complexity index is 1070. The lowest BCUT2D eigenvalue weighted by Gasteiger charge is -2.19. The van der Waals surface area contributed by atoms with Crippen LogP contribution in [0.2, 0.25) is 0 Å². The van der Waals surface area contributed by atoms with Crippen LogP contribution in [0.4, 0.5) is 0 Å². The molecule has 166 valence electrons. The van der Waals surface area contributed by atoms with Crippen molar-refractivity contribution in [2.24, 2.45) is 0 Å². The summed E-state index contributed by atoms with van der Waals surface area (Å²) in [6, 6.07) is 22.3. The van der Waals surface area contributed by atoms with E-state index in [1.165, 1.54) is 11.1 Å². The molecule has 2 aromatic carbocycles. The van der Waals surface area contributed by atoms with Gasteiger partial charge in [0.25, 0.3) is 5.56 Å². The summed E-state index contributed by atoms with van der Waals surface area (Å²) >= 11 is 1.56. The van der Waals surface area contributed by atoms with E-state index in [-0.39, 0.29) is 29.3 Å². The molecule has 1 amide bonds. The zero-order valence-electron chi connectivity index (χ0n) is 18.5. The number of fused-ring (bicyclic) bond motifs is 1. The third-order valence-electron chi connectivity index (χ3n) is 5.88. The fraction of sp³-hybridized carbons (Fsp3) is 0.346. The minimum Gasteiger partial charge on any atom is -0.356 e. The lowest BCUT2D eigenvalue weighted by molar-refractivity contribution is -0.121. The van der Waals surface area contributed by atoms with Gasteiger partial charge in [-0.1, -0.05) is 86.3 Å². The predicted octanol–water partition coefficient (Wildman–Crippen LogP) is 4.74. The molecule has 0 saturated carbocycles. The van der Waals surface area contributed by atoms with Gasteiger partial charge in [0, 0.05) is 30.7 Å². The number of aromatic nitrogens is 2. The first kappa shape index (κ1) is 22.3. The van der Waals surface area contributed by atoms with E-state index in [0.717, 1.165) is 17.3 Å². The van der Waals surface area contributed by atoms with Gasteiger partial charge in [-0.15, -0.1) is 0 Å². The summed E-state index contributed by atoms with van der Waals surface area (Å²) in [5.74, 6) is 1.11. The maximum atomic E-state index is 12.7. The van der Waals surface area contributed by atoms with Crippen LogP contribution in [0.3, 0.4) is 0 Å². The highest BCUT2D eigenvalue weighted by atomic mass is 32.2. The fourth-order valence-electron chi connectivity index (χ4n) is 4.15. The Labute approximate surface area is 193 Å². The standard InChI is InChI=1S/C26H29N3O2S/c1-18(2)23-16-25(31)29-21(17-32-26(29)28-23)15-24(30)27-14-13-22(19-9-5-3-6-10-19)20-11-7-4-8-12-20/h3-12,16,18,21-22H,13-15,17H2,1-2H3,(H,27,30). The highest BCUT2D eigenvalue weighted by Crippen LogP contribution is 2.33. The van der Waals surface area contributed by atoms with E-state index in [4.69, 9.17) is 0 Å². The second-order valence-corrected chi connectivity index (χ2v) is 9.50. The highest BCUT2D eigenvalue weighted by molar-refractivity contribution is 7.99. The molecule has 32 heavy (non-hydrogen) atoms. The van der Waals surface area contributed by atoms with Gasteiger partial charge in [-0.3, -0.25) is 14.2 Å². The average Bonchev–Trinajstić information content (AvgIpc) is 3.21. The van der Waals surface area contributed by atoms with Gasteiger partial charge in [0.05, 0.1) is 11.7 Å². The first-order chi connectivity index (χ1) is 15.5. The number of rotatable bonds is 8. The summed E-state index contributed by atoms with van der Waals surface area (Å²) in [4.78, 5) is 29.9. The second kappa shape index (κ2) is 10.2. The van der Waals surface area contributed by atoms with Crippen molar-refractivity contribution < 1.29 is 4.79 Å². The van der Waals surface area contributed by atoms with E-state index in [1.807, 2.05) is 26.0 Å². The van der Waals surface area contributed by atoms with Gasteiger partial charge in [-0.25, -0.2) is 4.98 Å². The summed E-state index contributed by atoms with van der Waals surface area (Å²) in [6.07, 6.45) is 1.11. The molecule has 0 saturated heterocycles. The van der Waals surface area contributed by atoms with Crippen LogP contribution in [0.5, 0.6) is 0 Å². The molecule has 0 bridgehead atoms. The van der Waals surface area contributed by atoms with Gasteiger partial charge in [-0.05, 0) is 23.5 Å². The second-order valence-electron chi connectivity index (χ2n) is 8.51. The van der Waals surface area contributed by atoms with Gasteiger partial charge in [0.1, 0.15) is 0 Å². The molecule has 1 N–H and O–H groups in total. The molecule has 4 rings (SSSR count). The molecular formula is C26H29N3O2S. The molecule has 2 heterocycles. The van der Waals surface area contributed by atoms with Crippen molar-refractivity contribution in [1.82, 2.24) is 14.9 Å². The molecule has 3 aromatic rings. The Kier molecular flexibility index (Phi) is 7.10. The number of carbonyl (C=O) groups is 1. The highest BCUT2D eigenvalue weighted by Gasteiger charge is 2.28. The van der Waals surface area contributed by atoms with Crippen LogP contribution in [0.1, 0.15) is 61.4 Å². The third-order valence-corrected chi connectivity index (χ3v) is 6.98. The van der Waals surface area contributed by atoms with Crippen molar-refractivity contribution in [2.75, 3.05) is 12.3 Å². The number of hydrogen-bond donors (Lipinski definition) is 1. The van der Waals surface area contributed by atoms with E-state index in [1.54, 1.807) is 22.4 Å². The van der Waals surface area contributed by atoms with Crippen molar-refractivity contribution in [3.05, 3.63) is 93.9 Å². The smallest absolute Gasteiger partial charge is 0.254 e. The first-order valence-corrected chi connectivity index (χ1v) is 12.1. The molecule has 0 aliphatic carbocycles. The van der Waals surface area contributed by atoms with Gasteiger partial charge in [0.15, 0.2) is 5.16 Å². The molecule has 1 aromatic heterocycles. The van der Waals surface area contributed by atoms with Crippen molar-refractivity contribution >= 4 is 17.7 Å². The normalized spacial score (nSPS) is 15.2. The molecule has 5 nitrogen and oxygen atoms in total. The number of hydrogen-bond acceptors (Lipinski definition) is 4. The van der Waals surface area contributed by atoms with Crippen molar-refractivity contribution in [1.29, 1.82) is 0 Å². The molecule has 6 heteroatoms. The molecule has 1 atom stereocenters. The maximum absolute atomic E-state index is 12.7. The van der Waals surface area contributed by atoms with E-state index >= 15 is 0 Å². The average molecular weight is 448 g/mol. The number of nitrogens with one attached hydrogen (secondary N) is 1. The number of carbonyl (C=O) groups excluding carboxylic acids is 1. The summed E-state index contributed by atoms with van der Waals surface area (Å²) in [5.41, 5.74) is 3.24. The number of thioether (sulfide) groups is 1. The van der Waals surface area contributed by atoms with Gasteiger partial charge >= 0.3 is 0 Å². The van der Waals surface area contributed by atoms with E-state index in [0.29, 0.717) is 18.7 Å². The fourth-order valence-corrected chi connectivity index (χ4v) is 5.31. The largest absolute Gasteiger partial charge is 0.356 e. The lowest BCUT2D eigenvalue weighted by atomic mass is 9.88. The predicted molar refractivity (Wildman–Crippen MR) is 129 cm³/mol. The van der Waals surface area contributed by atoms with Crippen molar-refractivity contribution in [2.45, 2.75) is 49.7 Å². The molecular weight excluding hydrogens is 418 g/mol. The van der Waals surface area contributed by atoms with E-state index in [2.05, 4.69) is 58.8 Å². The quantitative estimate of drug-likeness (QED) is 0.507. The number of benzene rings is 2. The van der Waals surface area contributed by atoms with Gasteiger partial charge in [-0.2, -0.15) is 0 Å². The number of amides is 1. The Morgan fingerprint density at radius 1 is 1.09 bits per heavy atom. The monoisotopic (exact) mass is 447 g/mol. The van der Waals surface area contributed by atoms with Crippen molar-refractivity contribution in [3.8, 4) is 0 Å². The summed E-state index contributed by atoms with van der Waals surface area (Å²) in [7, 11) is 0. The zero-order valence-corrected chi connectivity index (χ0v) is 19.3. The SMILES string of the molecule is CC(C)c1cc(=O)n2c(n1)SCC2CC(=O)NCCC(c1ccccc1)c1ccccc1. The van der Waals surface area contributed by atoms with E-state index < -0.39 is 0 Å². The molecule has 1 unspecified atom stereocenters. The van der Waals surface area contributed by atoms with Crippen LogP contribution in [0.25, 0.3) is 0 Å². The molecule has 1 aliphatic heterocycles. The minimum atomic E-state index is -0.143. The van der Waals surface area contributed by atoms with E-state index in [9.17, 15) is 9.59 Å². The minimum absolute atomic E-state index is 0.0249. The Morgan fingerprint density at radius 2 is 1.72 bits per heavy atom. The van der Waals surface area contributed by atoms with Crippen LogP contribution >= 0.6 is 11.8 Å². The summed E-state index contributed by atoms with van der Waals surface area (Å²) in [6.45, 7) is 4.64. The molecule has 0 fully saturated rings. The lowest BCUT2D eigenvalue weighted by Crippen LogP contribution is -2.31. The van der Waals surface area contributed by atoms with Crippen LogP contribution in [0.15, 0.2) is 76.7 Å². The Morgan fingerprint density at radius 3 is 2.31 bits per heavy atom. The number of nitrogens with zero attached hydrogens (tertiary/aromatic N) is 2. The van der Waals surface area contributed by atoms with Crippen LogP contribution in [0, 0.1) is 0 Å². The molecule has 0 radical (unpaired) electrons. The maximum Gasteiger partial charge on any atom is 0.254 e. The van der Waals surface area contributed by atoms with Gasteiger partial charge in [0.2, 0.25) is 5.91 Å². The topological polar surface area (TPSA) is 64.0 Å². The van der Waals surface area contributed by atoms with Crippen LogP contribution in [-0.2, 0) is 4.79 Å². The van der Waals surface area contributed by atoms with Gasteiger partial charge < -0.3 is 5.32 Å². The summed E-state index contributed by atoms with van der Waals surface area (Å²) < 4.78 is 1.69. The van der Waals surface area contributed by atoms with Crippen LogP contribution in [-0.4, -0.2) is 27.8 Å². The third kappa shape index (κ3) is 5.13. The van der Waals surface area contributed by atoms with Crippen molar-refractivity contribution in [3.63, 3.8) is 0 Å². The molecule has 1 aliphatic rings. The Hall–Kier alpha value is -2.86. The Balaban J connectivity index is 1.38. The first-order valence-electron chi connectivity index (χ1n) is 11.2. The van der Waals surface area contributed by atoms with Crippen LogP contribution < -0.4 is 10.9 Å². The summed E-state index contributed by atoms with van der Waals surface area (Å²) in [5, 5.41) is 3.80. The zero-order chi connectivity index (χ0) is 22.5.